The lowest BCUT2D eigenvalue weighted by Gasteiger charge is -2.32. The molecule has 1 amide bonds. The first kappa shape index (κ1) is 8.53. The van der Waals surface area contributed by atoms with E-state index in [0.717, 1.165) is 13.0 Å². The maximum Gasteiger partial charge on any atom is 0.228 e. The van der Waals surface area contributed by atoms with Gasteiger partial charge >= 0.3 is 0 Å². The fraction of sp³-hybridized carbons (Fsp3) is 0.875. The van der Waals surface area contributed by atoms with Crippen LogP contribution in [0.3, 0.4) is 0 Å². The smallest absolute Gasteiger partial charge is 0.228 e. The summed E-state index contributed by atoms with van der Waals surface area (Å²) in [6, 6.07) is 0. The number of carbonyl (C=O) groups is 1. The second kappa shape index (κ2) is 3.22. The third-order valence-corrected chi connectivity index (χ3v) is 2.35. The Labute approximate surface area is 67.0 Å². The molecule has 2 atom stereocenters. The fourth-order valence-corrected chi connectivity index (χ4v) is 1.41. The van der Waals surface area contributed by atoms with E-state index in [1.165, 1.54) is 0 Å². The van der Waals surface area contributed by atoms with Gasteiger partial charge in [0.1, 0.15) is 0 Å². The first-order chi connectivity index (χ1) is 5.16. The van der Waals surface area contributed by atoms with E-state index in [1.54, 1.807) is 11.8 Å². The molecule has 0 aromatic heterocycles. The summed E-state index contributed by atoms with van der Waals surface area (Å²) >= 11 is 0. The van der Waals surface area contributed by atoms with Crippen molar-refractivity contribution in [1.29, 1.82) is 0 Å². The molecule has 1 saturated heterocycles. The molecule has 3 nitrogen and oxygen atoms in total. The zero-order valence-corrected chi connectivity index (χ0v) is 7.08. The molecule has 3 heteroatoms. The van der Waals surface area contributed by atoms with Crippen molar-refractivity contribution in [3.63, 3.8) is 0 Å². The Morgan fingerprint density at radius 1 is 1.73 bits per heavy atom. The monoisotopic (exact) mass is 157 g/mol. The molecular weight excluding hydrogens is 142 g/mol. The van der Waals surface area contributed by atoms with E-state index >= 15 is 0 Å². The molecule has 2 unspecified atom stereocenters. The van der Waals surface area contributed by atoms with Crippen molar-refractivity contribution in [1.82, 2.24) is 4.90 Å². The molecule has 0 saturated carbocycles. The second-order valence-electron chi connectivity index (χ2n) is 3.06. The highest BCUT2D eigenvalue weighted by molar-refractivity contribution is 5.79. The van der Waals surface area contributed by atoms with Crippen LogP contribution < -0.4 is 0 Å². The zero-order valence-electron chi connectivity index (χ0n) is 7.08. The Hall–Kier alpha value is -0.570. The third kappa shape index (κ3) is 1.53. The quantitative estimate of drug-likeness (QED) is 0.592. The third-order valence-electron chi connectivity index (χ3n) is 2.35. The highest BCUT2D eigenvalue weighted by Crippen LogP contribution is 2.17. The van der Waals surface area contributed by atoms with Gasteiger partial charge in [0.2, 0.25) is 5.91 Å². The van der Waals surface area contributed by atoms with Crippen LogP contribution in [0, 0.1) is 5.92 Å². The first-order valence-electron chi connectivity index (χ1n) is 4.13. The molecule has 0 radical (unpaired) electrons. The highest BCUT2D eigenvalue weighted by atomic mass is 16.3. The standard InChI is InChI=1S/C8H15NO2/c1-3-9-5-4-7(10)6(2)8(9)11/h6-7,10H,3-5H2,1-2H3. The normalized spacial score (nSPS) is 32.6. The van der Waals surface area contributed by atoms with Crippen LogP contribution in [0.15, 0.2) is 0 Å². The number of likely N-dealkylation sites (tertiary alicyclic amines) is 1. The van der Waals surface area contributed by atoms with Crippen LogP contribution in [0.1, 0.15) is 20.3 Å². The zero-order chi connectivity index (χ0) is 8.43. The van der Waals surface area contributed by atoms with Crippen molar-refractivity contribution in [3.8, 4) is 0 Å². The molecule has 1 aliphatic heterocycles. The molecule has 64 valence electrons. The van der Waals surface area contributed by atoms with Gasteiger partial charge in [0, 0.05) is 13.1 Å². The van der Waals surface area contributed by atoms with Gasteiger partial charge in [-0.3, -0.25) is 4.79 Å². The van der Waals surface area contributed by atoms with Crippen LogP contribution >= 0.6 is 0 Å². The molecule has 0 aromatic rings. The molecular formula is C8H15NO2. The molecule has 0 aromatic carbocycles. The summed E-state index contributed by atoms with van der Waals surface area (Å²) in [6.07, 6.45) is 0.297. The summed E-state index contributed by atoms with van der Waals surface area (Å²) in [5, 5.41) is 9.31. The number of carbonyl (C=O) groups excluding carboxylic acids is 1. The van der Waals surface area contributed by atoms with Crippen molar-refractivity contribution in [2.24, 2.45) is 5.92 Å². The lowest BCUT2D eigenvalue weighted by molar-refractivity contribution is -0.143. The lowest BCUT2D eigenvalue weighted by Crippen LogP contribution is -2.46. The van der Waals surface area contributed by atoms with E-state index in [2.05, 4.69) is 0 Å². The minimum Gasteiger partial charge on any atom is -0.392 e. The number of rotatable bonds is 1. The number of hydrogen-bond donors (Lipinski definition) is 1. The van der Waals surface area contributed by atoms with Gasteiger partial charge in [0.05, 0.1) is 12.0 Å². The number of aliphatic hydroxyl groups is 1. The minimum absolute atomic E-state index is 0.0891. The average Bonchev–Trinajstić information content (AvgIpc) is 2.01. The summed E-state index contributed by atoms with van der Waals surface area (Å²) in [4.78, 5) is 13.1. The molecule has 0 aliphatic carbocycles. The lowest BCUT2D eigenvalue weighted by atomic mass is 9.96. The Kier molecular flexibility index (Phi) is 2.49. The highest BCUT2D eigenvalue weighted by Gasteiger charge is 2.30. The van der Waals surface area contributed by atoms with Gasteiger partial charge in [-0.15, -0.1) is 0 Å². The van der Waals surface area contributed by atoms with Gasteiger partial charge in [-0.25, -0.2) is 0 Å². The fourth-order valence-electron chi connectivity index (χ4n) is 1.41. The molecule has 1 rings (SSSR count). The average molecular weight is 157 g/mol. The van der Waals surface area contributed by atoms with E-state index in [-0.39, 0.29) is 11.8 Å². The van der Waals surface area contributed by atoms with Crippen molar-refractivity contribution >= 4 is 5.91 Å². The number of aliphatic hydroxyl groups excluding tert-OH is 1. The summed E-state index contributed by atoms with van der Waals surface area (Å²) in [5.74, 6) is -0.116. The Bertz CT molecular complexity index is 154. The second-order valence-corrected chi connectivity index (χ2v) is 3.06. The van der Waals surface area contributed by atoms with Crippen molar-refractivity contribution < 1.29 is 9.90 Å². The van der Waals surface area contributed by atoms with E-state index < -0.39 is 6.10 Å². The molecule has 1 N–H and O–H groups in total. The van der Waals surface area contributed by atoms with Crippen LogP contribution in [-0.2, 0) is 4.79 Å². The van der Waals surface area contributed by atoms with Crippen molar-refractivity contribution in [2.75, 3.05) is 13.1 Å². The van der Waals surface area contributed by atoms with Crippen LogP contribution in [-0.4, -0.2) is 35.1 Å². The number of hydrogen-bond acceptors (Lipinski definition) is 2. The summed E-state index contributed by atoms with van der Waals surface area (Å²) < 4.78 is 0. The van der Waals surface area contributed by atoms with Crippen LogP contribution in [0.4, 0.5) is 0 Å². The molecule has 1 fully saturated rings. The summed E-state index contributed by atoms with van der Waals surface area (Å²) in [5.41, 5.74) is 0. The van der Waals surface area contributed by atoms with E-state index in [1.807, 2.05) is 6.92 Å². The summed E-state index contributed by atoms with van der Waals surface area (Å²) in [6.45, 7) is 5.22. The number of nitrogens with zero attached hydrogens (tertiary/aromatic N) is 1. The van der Waals surface area contributed by atoms with Gasteiger partial charge in [-0.2, -0.15) is 0 Å². The maximum atomic E-state index is 11.3. The van der Waals surface area contributed by atoms with Crippen LogP contribution in [0.5, 0.6) is 0 Å². The number of amides is 1. The predicted octanol–water partition coefficient (Wildman–Crippen LogP) is 0.236. The SMILES string of the molecule is CCN1CCC(O)C(C)C1=O. The predicted molar refractivity (Wildman–Crippen MR) is 42.0 cm³/mol. The van der Waals surface area contributed by atoms with E-state index in [9.17, 15) is 9.90 Å². The molecule has 0 spiro atoms. The Balaban J connectivity index is 2.59. The van der Waals surface area contributed by atoms with Crippen LogP contribution in [0.2, 0.25) is 0 Å². The van der Waals surface area contributed by atoms with Gasteiger partial charge in [-0.05, 0) is 13.3 Å². The van der Waals surface area contributed by atoms with Crippen molar-refractivity contribution in [2.45, 2.75) is 26.4 Å². The topological polar surface area (TPSA) is 40.5 Å². The van der Waals surface area contributed by atoms with Gasteiger partial charge in [0.25, 0.3) is 0 Å². The van der Waals surface area contributed by atoms with Crippen LogP contribution in [0.25, 0.3) is 0 Å². The Morgan fingerprint density at radius 2 is 2.36 bits per heavy atom. The van der Waals surface area contributed by atoms with Crippen molar-refractivity contribution in [3.05, 3.63) is 0 Å². The number of piperidine rings is 1. The largest absolute Gasteiger partial charge is 0.392 e. The van der Waals surface area contributed by atoms with E-state index in [0.29, 0.717) is 6.54 Å². The molecule has 11 heavy (non-hydrogen) atoms. The summed E-state index contributed by atoms with van der Waals surface area (Å²) in [7, 11) is 0. The van der Waals surface area contributed by atoms with Gasteiger partial charge in [0.15, 0.2) is 0 Å². The molecule has 1 aliphatic rings. The molecule has 1 heterocycles. The minimum atomic E-state index is -0.426. The maximum absolute atomic E-state index is 11.3. The van der Waals surface area contributed by atoms with E-state index in [4.69, 9.17) is 0 Å². The van der Waals surface area contributed by atoms with Gasteiger partial charge in [-0.1, -0.05) is 6.92 Å². The van der Waals surface area contributed by atoms with Gasteiger partial charge < -0.3 is 10.0 Å². The first-order valence-corrected chi connectivity index (χ1v) is 4.13. The molecule has 0 bridgehead atoms. The Morgan fingerprint density at radius 3 is 2.91 bits per heavy atom.